The van der Waals surface area contributed by atoms with Crippen LogP contribution in [0.25, 0.3) is 11.2 Å². The average Bonchev–Trinajstić information content (AvgIpc) is 3.17. The minimum atomic E-state index is -2.60. The Bertz CT molecular complexity index is 1260. The molecule has 0 spiro atoms. The number of fused-ring (bicyclic) bond motifs is 4. The molecule has 1 unspecified atom stereocenters. The molecule has 2 aromatic heterocycles. The topological polar surface area (TPSA) is 56.1 Å². The molecule has 4 aliphatic rings. The highest BCUT2D eigenvalue weighted by molar-refractivity contribution is 5.74. The van der Waals surface area contributed by atoms with Crippen molar-refractivity contribution in [3.05, 3.63) is 46.7 Å². The number of alkyl halides is 2. The second-order valence-electron chi connectivity index (χ2n) is 10.5. The summed E-state index contributed by atoms with van der Waals surface area (Å²) in [5.74, 6) is -1.36. The molecule has 6 nitrogen and oxygen atoms in total. The second-order valence-corrected chi connectivity index (χ2v) is 10.5. The first-order chi connectivity index (χ1) is 16.8. The Kier molecular flexibility index (Phi) is 5.51. The number of ether oxygens (including phenoxy) is 1. The van der Waals surface area contributed by atoms with Gasteiger partial charge < -0.3 is 14.2 Å². The fourth-order valence-corrected chi connectivity index (χ4v) is 6.19. The first kappa shape index (κ1) is 22.8. The molecule has 186 valence electrons. The van der Waals surface area contributed by atoms with Crippen LogP contribution in [0.5, 0.6) is 6.01 Å². The van der Waals surface area contributed by atoms with Crippen molar-refractivity contribution in [2.24, 2.45) is 11.8 Å². The zero-order chi connectivity index (χ0) is 24.3. The van der Waals surface area contributed by atoms with E-state index in [0.717, 1.165) is 25.2 Å². The lowest BCUT2D eigenvalue weighted by Crippen LogP contribution is -2.46. The number of rotatable bonds is 6. The van der Waals surface area contributed by atoms with E-state index in [-0.39, 0.29) is 37.1 Å². The summed E-state index contributed by atoms with van der Waals surface area (Å²) in [6.45, 7) is 5.34. The van der Waals surface area contributed by atoms with Crippen molar-refractivity contribution >= 4 is 11.2 Å². The summed E-state index contributed by atoms with van der Waals surface area (Å²) in [6.07, 6.45) is 2.46. The van der Waals surface area contributed by atoms with E-state index in [1.807, 2.05) is 17.6 Å². The van der Waals surface area contributed by atoms with Crippen LogP contribution in [0.4, 0.5) is 13.2 Å². The van der Waals surface area contributed by atoms with Gasteiger partial charge in [0.15, 0.2) is 5.65 Å². The van der Waals surface area contributed by atoms with Crippen LogP contribution in [0.2, 0.25) is 0 Å². The predicted molar refractivity (Wildman–Crippen MR) is 125 cm³/mol. The standard InChI is InChI=1S/C26H30F3N5O/c1-15-23-24(32-25(30-15)35-2)34(22(31-23)9-16-11-26(28,29)12-16)13-19-4-3-18(10-21(19)27)20-14-33-7-5-17(20)6-8-33/h3-4,10,16-17,20H,5-9,11-14H2,1-2H3. The number of hydrogen-bond acceptors (Lipinski definition) is 5. The summed E-state index contributed by atoms with van der Waals surface area (Å²) < 4.78 is 49.5. The van der Waals surface area contributed by atoms with E-state index in [9.17, 15) is 8.78 Å². The molecule has 35 heavy (non-hydrogen) atoms. The molecule has 1 atom stereocenters. The SMILES string of the molecule is COc1nc(C)c2nc(CC3CC(F)(F)C3)n(Cc3ccc(C4CN5CCC4CC5)cc3F)c2n1. The van der Waals surface area contributed by atoms with Crippen molar-refractivity contribution in [1.29, 1.82) is 0 Å². The molecular formula is C26H30F3N5O. The van der Waals surface area contributed by atoms with E-state index < -0.39 is 5.92 Å². The van der Waals surface area contributed by atoms with E-state index >= 15 is 4.39 Å². The molecule has 9 heteroatoms. The molecule has 1 aromatic carbocycles. The molecule has 3 saturated heterocycles. The average molecular weight is 486 g/mol. The van der Waals surface area contributed by atoms with Crippen molar-refractivity contribution < 1.29 is 17.9 Å². The normalized spacial score (nSPS) is 25.7. The van der Waals surface area contributed by atoms with Crippen LogP contribution >= 0.6 is 0 Å². The Labute approximate surface area is 202 Å². The first-order valence-electron chi connectivity index (χ1n) is 12.5. The van der Waals surface area contributed by atoms with Gasteiger partial charge in [-0.25, -0.2) is 18.2 Å². The quantitative estimate of drug-likeness (QED) is 0.506. The zero-order valence-corrected chi connectivity index (χ0v) is 20.1. The molecular weight excluding hydrogens is 455 g/mol. The summed E-state index contributed by atoms with van der Waals surface area (Å²) >= 11 is 0. The third-order valence-corrected chi connectivity index (χ3v) is 8.15. The summed E-state index contributed by atoms with van der Waals surface area (Å²) in [7, 11) is 1.49. The van der Waals surface area contributed by atoms with Gasteiger partial charge in [0.1, 0.15) is 17.2 Å². The molecule has 5 heterocycles. The fourth-order valence-electron chi connectivity index (χ4n) is 6.19. The van der Waals surface area contributed by atoms with Crippen molar-refractivity contribution in [2.45, 2.75) is 57.4 Å². The van der Waals surface area contributed by atoms with Gasteiger partial charge in [-0.15, -0.1) is 0 Å². The van der Waals surface area contributed by atoms with Crippen LogP contribution < -0.4 is 4.74 Å². The number of methoxy groups -OCH3 is 1. The number of imidazole rings is 1. The molecule has 0 N–H and O–H groups in total. The van der Waals surface area contributed by atoms with Gasteiger partial charge in [-0.1, -0.05) is 12.1 Å². The molecule has 3 aromatic rings. The molecule has 0 amide bonds. The third kappa shape index (κ3) is 4.17. The van der Waals surface area contributed by atoms with Crippen molar-refractivity contribution in [3.63, 3.8) is 0 Å². The number of halogens is 3. The molecule has 4 fully saturated rings. The van der Waals surface area contributed by atoms with Gasteiger partial charge in [0.2, 0.25) is 5.92 Å². The summed E-state index contributed by atoms with van der Waals surface area (Å²) in [4.78, 5) is 16.0. The van der Waals surface area contributed by atoms with Crippen molar-refractivity contribution in [1.82, 2.24) is 24.4 Å². The lowest BCUT2D eigenvalue weighted by Gasteiger charge is -2.45. The van der Waals surface area contributed by atoms with Gasteiger partial charge in [0.05, 0.1) is 19.3 Å². The van der Waals surface area contributed by atoms with Crippen LogP contribution in [0.3, 0.4) is 0 Å². The maximum atomic E-state index is 15.4. The summed E-state index contributed by atoms with van der Waals surface area (Å²) in [5, 5.41) is 0. The lowest BCUT2D eigenvalue weighted by molar-refractivity contribution is -0.110. The van der Waals surface area contributed by atoms with Crippen molar-refractivity contribution in [2.75, 3.05) is 26.7 Å². The van der Waals surface area contributed by atoms with Crippen LogP contribution in [0, 0.1) is 24.6 Å². The summed E-state index contributed by atoms with van der Waals surface area (Å²) in [6, 6.07) is 5.81. The first-order valence-corrected chi connectivity index (χ1v) is 12.5. The van der Waals surface area contributed by atoms with E-state index in [0.29, 0.717) is 46.5 Å². The number of piperidine rings is 3. The number of aromatic nitrogens is 4. The molecule has 3 aliphatic heterocycles. The monoisotopic (exact) mass is 485 g/mol. The maximum Gasteiger partial charge on any atom is 0.318 e. The highest BCUT2D eigenvalue weighted by Gasteiger charge is 2.45. The Morgan fingerprint density at radius 3 is 2.51 bits per heavy atom. The smallest absolute Gasteiger partial charge is 0.318 e. The predicted octanol–water partition coefficient (Wildman–Crippen LogP) is 4.73. The summed E-state index contributed by atoms with van der Waals surface area (Å²) in [5.41, 5.74) is 3.37. The third-order valence-electron chi connectivity index (χ3n) is 8.15. The van der Waals surface area contributed by atoms with Gasteiger partial charge >= 0.3 is 6.01 Å². The highest BCUT2D eigenvalue weighted by Crippen LogP contribution is 2.44. The minimum absolute atomic E-state index is 0.146. The lowest BCUT2D eigenvalue weighted by atomic mass is 9.75. The molecule has 1 saturated carbocycles. The van der Waals surface area contributed by atoms with E-state index in [4.69, 9.17) is 9.72 Å². The largest absolute Gasteiger partial charge is 0.467 e. The Balaban J connectivity index is 1.33. The van der Waals surface area contributed by atoms with E-state index in [1.54, 1.807) is 6.07 Å². The van der Waals surface area contributed by atoms with E-state index in [1.165, 1.54) is 20.0 Å². The molecule has 7 rings (SSSR count). The Hall–Kier alpha value is -2.68. The highest BCUT2D eigenvalue weighted by atomic mass is 19.3. The Morgan fingerprint density at radius 1 is 1.11 bits per heavy atom. The van der Waals surface area contributed by atoms with Crippen LogP contribution in [-0.4, -0.2) is 57.1 Å². The number of nitrogens with zero attached hydrogens (tertiary/aromatic N) is 5. The van der Waals surface area contributed by atoms with Crippen LogP contribution in [0.1, 0.15) is 54.2 Å². The fraction of sp³-hybridized carbons (Fsp3) is 0.577. The van der Waals surface area contributed by atoms with Crippen LogP contribution in [-0.2, 0) is 13.0 Å². The molecule has 2 bridgehead atoms. The molecule has 0 radical (unpaired) electrons. The van der Waals surface area contributed by atoms with Gasteiger partial charge in [-0.2, -0.15) is 9.97 Å². The van der Waals surface area contributed by atoms with Gasteiger partial charge in [0, 0.05) is 31.4 Å². The van der Waals surface area contributed by atoms with Gasteiger partial charge in [-0.05, 0) is 62.2 Å². The van der Waals surface area contributed by atoms with Gasteiger partial charge in [-0.3, -0.25) is 0 Å². The number of benzene rings is 1. The van der Waals surface area contributed by atoms with E-state index in [2.05, 4.69) is 20.9 Å². The minimum Gasteiger partial charge on any atom is -0.467 e. The second kappa shape index (κ2) is 8.47. The Morgan fingerprint density at radius 2 is 1.89 bits per heavy atom. The maximum absolute atomic E-state index is 15.4. The molecule has 1 aliphatic carbocycles. The number of hydrogen-bond donors (Lipinski definition) is 0. The van der Waals surface area contributed by atoms with Crippen LogP contribution in [0.15, 0.2) is 18.2 Å². The zero-order valence-electron chi connectivity index (χ0n) is 20.1. The number of aryl methyl sites for hydroxylation is 1. The van der Waals surface area contributed by atoms with Crippen molar-refractivity contribution in [3.8, 4) is 6.01 Å². The van der Waals surface area contributed by atoms with Gasteiger partial charge in [0.25, 0.3) is 0 Å².